The maximum atomic E-state index is 12.1. The number of benzene rings is 1. The van der Waals surface area contributed by atoms with Crippen LogP contribution in [0.1, 0.15) is 35.4 Å². The molecule has 0 bridgehead atoms. The topological polar surface area (TPSA) is 77.0 Å². The Morgan fingerprint density at radius 1 is 1.29 bits per heavy atom. The number of hydrogen-bond acceptors (Lipinski definition) is 7. The van der Waals surface area contributed by atoms with Gasteiger partial charge < -0.3 is 10.1 Å². The van der Waals surface area contributed by atoms with E-state index in [0.717, 1.165) is 39.7 Å². The molecule has 1 aliphatic rings. The van der Waals surface area contributed by atoms with Crippen LogP contribution in [0.5, 0.6) is 0 Å². The Labute approximate surface area is 146 Å². The minimum Gasteiger partial charge on any atom is -0.371 e. The van der Waals surface area contributed by atoms with E-state index in [9.17, 15) is 4.79 Å². The highest BCUT2D eigenvalue weighted by Crippen LogP contribution is 2.32. The molecule has 24 heavy (non-hydrogen) atoms. The molecule has 3 aromatic rings. The summed E-state index contributed by atoms with van der Waals surface area (Å²) in [6.07, 6.45) is 3.07. The molecule has 0 aliphatic carbocycles. The van der Waals surface area contributed by atoms with E-state index in [1.807, 2.05) is 24.3 Å². The minimum absolute atomic E-state index is 0.0379. The second kappa shape index (κ2) is 6.92. The Balaban J connectivity index is 1.33. The van der Waals surface area contributed by atoms with Crippen LogP contribution in [0.25, 0.3) is 10.2 Å². The lowest BCUT2D eigenvalue weighted by atomic mass is 10.2. The van der Waals surface area contributed by atoms with Crippen molar-refractivity contribution in [1.29, 1.82) is 0 Å². The van der Waals surface area contributed by atoms with Gasteiger partial charge in [0.15, 0.2) is 0 Å². The number of ether oxygens (including phenoxy) is 1. The highest BCUT2D eigenvalue weighted by molar-refractivity contribution is 7.18. The fourth-order valence-corrected chi connectivity index (χ4v) is 4.43. The van der Waals surface area contributed by atoms with Crippen molar-refractivity contribution in [3.05, 3.63) is 34.3 Å². The molecule has 1 amide bonds. The number of para-hydroxylation sites is 1. The van der Waals surface area contributed by atoms with E-state index in [1.54, 1.807) is 11.3 Å². The molecule has 8 heteroatoms. The summed E-state index contributed by atoms with van der Waals surface area (Å²) in [7, 11) is 0. The van der Waals surface area contributed by atoms with Gasteiger partial charge in [-0.1, -0.05) is 23.5 Å². The Bertz CT molecular complexity index is 822. The van der Waals surface area contributed by atoms with Crippen LogP contribution in [-0.2, 0) is 16.0 Å². The van der Waals surface area contributed by atoms with Gasteiger partial charge in [0.2, 0.25) is 11.0 Å². The van der Waals surface area contributed by atoms with E-state index in [0.29, 0.717) is 18.0 Å². The third kappa shape index (κ3) is 3.45. The molecule has 1 fully saturated rings. The monoisotopic (exact) mass is 360 g/mol. The average Bonchev–Trinajstić information content (AvgIpc) is 3.32. The first-order chi connectivity index (χ1) is 11.8. The van der Waals surface area contributed by atoms with Crippen molar-refractivity contribution in [3.8, 4) is 0 Å². The van der Waals surface area contributed by atoms with Gasteiger partial charge in [0.25, 0.3) is 0 Å². The van der Waals surface area contributed by atoms with Crippen molar-refractivity contribution in [1.82, 2.24) is 15.2 Å². The molecule has 1 aromatic carbocycles. The Morgan fingerprint density at radius 3 is 3.04 bits per heavy atom. The zero-order valence-electron chi connectivity index (χ0n) is 12.9. The Kier molecular flexibility index (Phi) is 4.50. The van der Waals surface area contributed by atoms with Gasteiger partial charge in [0, 0.05) is 19.4 Å². The van der Waals surface area contributed by atoms with Crippen LogP contribution in [0.15, 0.2) is 24.3 Å². The summed E-state index contributed by atoms with van der Waals surface area (Å²) in [6.45, 7) is 0.772. The molecule has 0 radical (unpaired) electrons. The predicted molar refractivity (Wildman–Crippen MR) is 94.4 cm³/mol. The number of nitrogens with zero attached hydrogens (tertiary/aromatic N) is 3. The summed E-state index contributed by atoms with van der Waals surface area (Å²) in [5.41, 5.74) is 0.989. The lowest BCUT2D eigenvalue weighted by Crippen LogP contribution is -2.12. The number of amides is 1. The zero-order valence-corrected chi connectivity index (χ0v) is 14.5. The number of nitrogens with one attached hydrogen (secondary N) is 1. The van der Waals surface area contributed by atoms with Gasteiger partial charge in [0.05, 0.1) is 15.2 Å². The molecular weight excluding hydrogens is 344 g/mol. The number of aromatic nitrogens is 3. The summed E-state index contributed by atoms with van der Waals surface area (Å²) in [5.74, 6) is -0.0655. The van der Waals surface area contributed by atoms with Crippen molar-refractivity contribution in [2.24, 2.45) is 0 Å². The number of carbonyl (C=O) groups is 1. The lowest BCUT2D eigenvalue weighted by molar-refractivity contribution is -0.116. The Hall–Kier alpha value is -1.90. The number of thiazole rings is 1. The van der Waals surface area contributed by atoms with Gasteiger partial charge in [-0.3, -0.25) is 4.79 Å². The minimum atomic E-state index is -0.0655. The van der Waals surface area contributed by atoms with Crippen LogP contribution >= 0.6 is 22.7 Å². The molecule has 1 atom stereocenters. The molecular formula is C16H16N4O2S2. The van der Waals surface area contributed by atoms with Crippen LogP contribution in [0.3, 0.4) is 0 Å². The number of rotatable bonds is 5. The maximum absolute atomic E-state index is 12.1. The molecule has 0 spiro atoms. The SMILES string of the molecule is O=C(CCc1nc2ccccc2s1)Nc1nnc([C@@H]2CCCO2)s1. The molecule has 6 nitrogen and oxygen atoms in total. The normalized spacial score (nSPS) is 17.4. The van der Waals surface area contributed by atoms with Crippen molar-refractivity contribution in [3.63, 3.8) is 0 Å². The summed E-state index contributed by atoms with van der Waals surface area (Å²) in [4.78, 5) is 16.6. The molecule has 1 aliphatic heterocycles. The number of hydrogen-bond donors (Lipinski definition) is 1. The summed E-state index contributed by atoms with van der Waals surface area (Å²) < 4.78 is 6.73. The first-order valence-corrected chi connectivity index (χ1v) is 9.50. The standard InChI is InChI=1S/C16H16N4O2S2/c21-13(7-8-14-17-10-4-1-2-6-12(10)23-14)18-16-20-19-15(24-16)11-5-3-9-22-11/h1-2,4,6,11H,3,5,7-9H2,(H,18,20,21)/t11-/m0/s1. The molecule has 4 rings (SSSR count). The molecule has 0 saturated carbocycles. The number of anilines is 1. The maximum Gasteiger partial charge on any atom is 0.226 e. The van der Waals surface area contributed by atoms with Gasteiger partial charge in [-0.15, -0.1) is 21.5 Å². The summed E-state index contributed by atoms with van der Waals surface area (Å²) >= 11 is 3.03. The summed E-state index contributed by atoms with van der Waals surface area (Å²) in [6, 6.07) is 8.01. The fraction of sp³-hybridized carbons (Fsp3) is 0.375. The van der Waals surface area contributed by atoms with Crippen LogP contribution in [-0.4, -0.2) is 27.7 Å². The second-order valence-electron chi connectivity index (χ2n) is 5.57. The molecule has 1 N–H and O–H groups in total. The average molecular weight is 360 g/mol. The highest BCUT2D eigenvalue weighted by Gasteiger charge is 2.22. The van der Waals surface area contributed by atoms with Crippen molar-refractivity contribution < 1.29 is 9.53 Å². The number of fused-ring (bicyclic) bond motifs is 1. The predicted octanol–water partition coefficient (Wildman–Crippen LogP) is 3.57. The number of aryl methyl sites for hydroxylation is 1. The third-order valence-corrected chi connectivity index (χ3v) is 5.82. The summed E-state index contributed by atoms with van der Waals surface area (Å²) in [5, 5.41) is 13.3. The zero-order chi connectivity index (χ0) is 16.4. The molecule has 1 saturated heterocycles. The number of carbonyl (C=O) groups excluding carboxylic acids is 1. The van der Waals surface area contributed by atoms with Gasteiger partial charge in [-0.25, -0.2) is 4.98 Å². The largest absolute Gasteiger partial charge is 0.371 e. The van der Waals surface area contributed by atoms with E-state index in [2.05, 4.69) is 20.5 Å². The first-order valence-electron chi connectivity index (χ1n) is 7.87. The van der Waals surface area contributed by atoms with E-state index < -0.39 is 0 Å². The molecule has 0 unspecified atom stereocenters. The second-order valence-corrected chi connectivity index (χ2v) is 7.69. The Morgan fingerprint density at radius 2 is 2.21 bits per heavy atom. The van der Waals surface area contributed by atoms with Crippen LogP contribution < -0.4 is 5.32 Å². The van der Waals surface area contributed by atoms with E-state index in [1.165, 1.54) is 11.3 Å². The van der Waals surface area contributed by atoms with Gasteiger partial charge >= 0.3 is 0 Å². The van der Waals surface area contributed by atoms with Gasteiger partial charge in [0.1, 0.15) is 11.1 Å². The third-order valence-electron chi connectivity index (χ3n) is 3.80. The molecule has 124 valence electrons. The quantitative estimate of drug-likeness (QED) is 0.753. The molecule has 2 aromatic heterocycles. The van der Waals surface area contributed by atoms with Crippen LogP contribution in [0, 0.1) is 0 Å². The lowest BCUT2D eigenvalue weighted by Gasteiger charge is -2.02. The smallest absolute Gasteiger partial charge is 0.226 e. The van der Waals surface area contributed by atoms with E-state index in [-0.39, 0.29) is 12.0 Å². The van der Waals surface area contributed by atoms with Crippen molar-refractivity contribution in [2.45, 2.75) is 31.8 Å². The van der Waals surface area contributed by atoms with Crippen LogP contribution in [0.2, 0.25) is 0 Å². The van der Waals surface area contributed by atoms with E-state index >= 15 is 0 Å². The van der Waals surface area contributed by atoms with Crippen molar-refractivity contribution >= 4 is 43.9 Å². The van der Waals surface area contributed by atoms with Crippen molar-refractivity contribution in [2.75, 3.05) is 11.9 Å². The first kappa shape index (κ1) is 15.6. The molecule has 3 heterocycles. The van der Waals surface area contributed by atoms with Gasteiger partial charge in [-0.05, 0) is 25.0 Å². The van der Waals surface area contributed by atoms with E-state index in [4.69, 9.17) is 4.74 Å². The van der Waals surface area contributed by atoms with Crippen LogP contribution in [0.4, 0.5) is 5.13 Å². The van der Waals surface area contributed by atoms with Gasteiger partial charge in [-0.2, -0.15) is 0 Å². The highest BCUT2D eigenvalue weighted by atomic mass is 32.1. The fourth-order valence-electron chi connectivity index (χ4n) is 2.62.